The lowest BCUT2D eigenvalue weighted by molar-refractivity contribution is -0.274. The number of halogens is 3. The lowest BCUT2D eigenvalue weighted by Gasteiger charge is -2.17. The zero-order valence-electron chi connectivity index (χ0n) is 9.24. The molecule has 4 nitrogen and oxygen atoms in total. The third-order valence-electron chi connectivity index (χ3n) is 2.40. The van der Waals surface area contributed by atoms with Gasteiger partial charge in [-0.3, -0.25) is 0 Å². The molecule has 1 saturated heterocycles. The van der Waals surface area contributed by atoms with E-state index < -0.39 is 12.5 Å². The fourth-order valence-electron chi connectivity index (χ4n) is 1.63. The lowest BCUT2D eigenvalue weighted by atomic mass is 10.2. The molecule has 7 heteroatoms. The lowest BCUT2D eigenvalue weighted by Crippen LogP contribution is -2.25. The molecule has 0 saturated carbocycles. The van der Waals surface area contributed by atoms with Crippen LogP contribution >= 0.6 is 0 Å². The Hall–Kier alpha value is -1.92. The van der Waals surface area contributed by atoms with Crippen molar-refractivity contribution < 1.29 is 27.4 Å². The average Bonchev–Trinajstić information content (AvgIpc) is 2.65. The summed E-state index contributed by atoms with van der Waals surface area (Å²) in [7, 11) is 0. The fraction of sp³-hybridized carbons (Fsp3) is 0.364. The highest BCUT2D eigenvalue weighted by atomic mass is 19.4. The summed E-state index contributed by atoms with van der Waals surface area (Å²) in [6.45, 7) is 0.644. The van der Waals surface area contributed by atoms with E-state index in [4.69, 9.17) is 4.74 Å². The number of nitrogens with zero attached hydrogens (tertiary/aromatic N) is 1. The van der Waals surface area contributed by atoms with E-state index in [1.54, 1.807) is 6.07 Å². The molecule has 1 fully saturated rings. The Morgan fingerprint density at radius 2 is 2.06 bits per heavy atom. The molecule has 1 aliphatic rings. The van der Waals surface area contributed by atoms with Gasteiger partial charge in [0.15, 0.2) is 0 Å². The molecule has 1 heterocycles. The average molecular weight is 261 g/mol. The van der Waals surface area contributed by atoms with E-state index in [1.807, 2.05) is 0 Å². The van der Waals surface area contributed by atoms with Crippen molar-refractivity contribution in [3.05, 3.63) is 29.8 Å². The summed E-state index contributed by atoms with van der Waals surface area (Å²) in [6.07, 6.45) is -5.28. The quantitative estimate of drug-likeness (QED) is 0.839. The largest absolute Gasteiger partial charge is 0.573 e. The van der Waals surface area contributed by atoms with E-state index in [2.05, 4.69) is 4.74 Å². The summed E-state index contributed by atoms with van der Waals surface area (Å²) < 4.78 is 45.2. The molecule has 1 aromatic rings. The maximum atomic E-state index is 12.2. The summed E-state index contributed by atoms with van der Waals surface area (Å²) >= 11 is 0. The smallest absolute Gasteiger partial charge is 0.448 e. The molecule has 1 aromatic carbocycles. The van der Waals surface area contributed by atoms with Crippen molar-refractivity contribution in [3.8, 4) is 5.75 Å². The number of hydrogen-bond acceptors (Lipinski definition) is 3. The van der Waals surface area contributed by atoms with Gasteiger partial charge in [-0.1, -0.05) is 18.2 Å². The van der Waals surface area contributed by atoms with Crippen molar-refractivity contribution in [3.63, 3.8) is 0 Å². The van der Waals surface area contributed by atoms with Crippen LogP contribution in [0.1, 0.15) is 5.56 Å². The summed E-state index contributed by atoms with van der Waals surface area (Å²) in [5.41, 5.74) is 0.286. The molecule has 98 valence electrons. The highest BCUT2D eigenvalue weighted by Crippen LogP contribution is 2.27. The molecule has 2 rings (SSSR count). The molecule has 0 N–H and O–H groups in total. The molecule has 0 unspecified atom stereocenters. The first-order valence-corrected chi connectivity index (χ1v) is 5.21. The van der Waals surface area contributed by atoms with Gasteiger partial charge >= 0.3 is 12.5 Å². The van der Waals surface area contributed by atoms with Gasteiger partial charge < -0.3 is 14.4 Å². The standard InChI is InChI=1S/C11H10F3NO3/c12-11(13,14)18-9-4-2-1-3-8(9)7-15-5-6-17-10(15)16/h1-4H,5-7H2. The Morgan fingerprint density at radius 1 is 1.33 bits per heavy atom. The summed E-state index contributed by atoms with van der Waals surface area (Å²) in [5, 5.41) is 0. The number of benzene rings is 1. The predicted octanol–water partition coefficient (Wildman–Crippen LogP) is 2.54. The van der Waals surface area contributed by atoms with Crippen LogP contribution in [-0.4, -0.2) is 30.5 Å². The Balaban J connectivity index is 2.14. The molecule has 0 aromatic heterocycles. The molecule has 18 heavy (non-hydrogen) atoms. The zero-order valence-corrected chi connectivity index (χ0v) is 9.24. The van der Waals surface area contributed by atoms with Crippen molar-refractivity contribution in [2.45, 2.75) is 12.9 Å². The maximum absolute atomic E-state index is 12.2. The highest BCUT2D eigenvalue weighted by Gasteiger charge is 2.32. The van der Waals surface area contributed by atoms with E-state index in [1.165, 1.54) is 23.1 Å². The van der Waals surface area contributed by atoms with Crippen LogP contribution in [0.2, 0.25) is 0 Å². The van der Waals surface area contributed by atoms with Crippen LogP contribution < -0.4 is 4.74 Å². The number of alkyl halides is 3. The van der Waals surface area contributed by atoms with Gasteiger partial charge in [0.1, 0.15) is 12.4 Å². The number of para-hydroxylation sites is 1. The van der Waals surface area contributed by atoms with Crippen LogP contribution in [0.15, 0.2) is 24.3 Å². The van der Waals surface area contributed by atoms with Crippen LogP contribution in [0.4, 0.5) is 18.0 Å². The van der Waals surface area contributed by atoms with Crippen molar-refractivity contribution >= 4 is 6.09 Å². The molecule has 0 atom stereocenters. The van der Waals surface area contributed by atoms with Crippen LogP contribution in [0, 0.1) is 0 Å². The van der Waals surface area contributed by atoms with Crippen LogP contribution in [0.5, 0.6) is 5.75 Å². The number of hydrogen-bond donors (Lipinski definition) is 0. The number of carbonyl (C=O) groups is 1. The normalized spacial score (nSPS) is 15.7. The van der Waals surface area contributed by atoms with Crippen molar-refractivity contribution in [1.82, 2.24) is 4.90 Å². The molecule has 1 aliphatic heterocycles. The van der Waals surface area contributed by atoms with E-state index >= 15 is 0 Å². The topological polar surface area (TPSA) is 38.8 Å². The number of ether oxygens (including phenoxy) is 2. The Morgan fingerprint density at radius 3 is 2.67 bits per heavy atom. The second kappa shape index (κ2) is 4.75. The van der Waals surface area contributed by atoms with Gasteiger partial charge in [-0.25, -0.2) is 4.79 Å². The summed E-state index contributed by atoms with van der Waals surface area (Å²) in [4.78, 5) is 12.5. The summed E-state index contributed by atoms with van der Waals surface area (Å²) in [6, 6.07) is 5.71. The van der Waals surface area contributed by atoms with E-state index in [9.17, 15) is 18.0 Å². The van der Waals surface area contributed by atoms with Gasteiger partial charge in [0.2, 0.25) is 0 Å². The minimum Gasteiger partial charge on any atom is -0.448 e. The number of rotatable bonds is 3. The van der Waals surface area contributed by atoms with Gasteiger partial charge in [-0.15, -0.1) is 13.2 Å². The molecule has 1 amide bonds. The van der Waals surface area contributed by atoms with Gasteiger partial charge in [0, 0.05) is 5.56 Å². The van der Waals surface area contributed by atoms with E-state index in [0.717, 1.165) is 0 Å². The van der Waals surface area contributed by atoms with Gasteiger partial charge in [-0.05, 0) is 6.07 Å². The third kappa shape index (κ3) is 3.06. The van der Waals surface area contributed by atoms with Crippen LogP contribution in [-0.2, 0) is 11.3 Å². The fourth-order valence-corrected chi connectivity index (χ4v) is 1.63. The first kappa shape index (κ1) is 12.5. The monoisotopic (exact) mass is 261 g/mol. The Bertz CT molecular complexity index is 447. The number of carbonyl (C=O) groups excluding carboxylic acids is 1. The first-order valence-electron chi connectivity index (χ1n) is 5.21. The zero-order chi connectivity index (χ0) is 13.2. The molecule has 0 spiro atoms. The second-order valence-electron chi connectivity index (χ2n) is 3.69. The van der Waals surface area contributed by atoms with E-state index in [-0.39, 0.29) is 24.5 Å². The minimum atomic E-state index is -4.75. The molecule has 0 aliphatic carbocycles. The highest BCUT2D eigenvalue weighted by molar-refractivity contribution is 5.69. The minimum absolute atomic E-state index is 0.0328. The van der Waals surface area contributed by atoms with Gasteiger partial charge in [0.05, 0.1) is 13.1 Å². The van der Waals surface area contributed by atoms with Gasteiger partial charge in [-0.2, -0.15) is 0 Å². The Labute approximate surface area is 101 Å². The van der Waals surface area contributed by atoms with Crippen molar-refractivity contribution in [2.75, 3.05) is 13.2 Å². The number of cyclic esters (lactones) is 1. The van der Waals surface area contributed by atoms with Crippen molar-refractivity contribution in [2.24, 2.45) is 0 Å². The maximum Gasteiger partial charge on any atom is 0.573 e. The SMILES string of the molecule is O=C1OCCN1Cc1ccccc1OC(F)(F)F. The summed E-state index contributed by atoms with van der Waals surface area (Å²) in [5.74, 6) is -0.301. The number of amides is 1. The van der Waals surface area contributed by atoms with Crippen LogP contribution in [0.25, 0.3) is 0 Å². The molecule has 0 radical (unpaired) electrons. The van der Waals surface area contributed by atoms with Crippen molar-refractivity contribution in [1.29, 1.82) is 0 Å². The second-order valence-corrected chi connectivity index (χ2v) is 3.69. The molecular formula is C11H10F3NO3. The predicted molar refractivity (Wildman–Crippen MR) is 54.9 cm³/mol. The Kier molecular flexibility index (Phi) is 3.31. The van der Waals surface area contributed by atoms with Crippen LogP contribution in [0.3, 0.4) is 0 Å². The first-order chi connectivity index (χ1) is 8.46. The van der Waals surface area contributed by atoms with Gasteiger partial charge in [0.25, 0.3) is 0 Å². The third-order valence-corrected chi connectivity index (χ3v) is 2.40. The van der Waals surface area contributed by atoms with E-state index in [0.29, 0.717) is 6.54 Å². The molecule has 0 bridgehead atoms. The molecular weight excluding hydrogens is 251 g/mol.